The molecular formula is C16H25ClFN. The van der Waals surface area contributed by atoms with Crippen molar-refractivity contribution in [3.05, 3.63) is 34.6 Å². The van der Waals surface area contributed by atoms with E-state index >= 15 is 0 Å². The van der Waals surface area contributed by atoms with E-state index in [1.165, 1.54) is 25.3 Å². The second-order valence-corrected chi connectivity index (χ2v) is 5.44. The summed E-state index contributed by atoms with van der Waals surface area (Å²) in [7, 11) is 0. The molecule has 0 aliphatic rings. The van der Waals surface area contributed by atoms with Crippen LogP contribution in [0.15, 0.2) is 18.2 Å². The van der Waals surface area contributed by atoms with E-state index in [-0.39, 0.29) is 10.8 Å². The number of hydrogen-bond acceptors (Lipinski definition) is 1. The van der Waals surface area contributed by atoms with Gasteiger partial charge in [-0.2, -0.15) is 0 Å². The van der Waals surface area contributed by atoms with E-state index in [0.29, 0.717) is 6.04 Å². The molecule has 0 fully saturated rings. The standard InChI is InChI=1S/C16H25ClFN/c1-3-5-6-9-14(19-11-4-2)12-13-8-7-10-15(18)16(13)17/h7-8,10,14,19H,3-6,9,11-12H2,1-2H3. The summed E-state index contributed by atoms with van der Waals surface area (Å²) >= 11 is 6.03. The fourth-order valence-electron chi connectivity index (χ4n) is 2.24. The zero-order chi connectivity index (χ0) is 14.1. The Morgan fingerprint density at radius 2 is 2.00 bits per heavy atom. The summed E-state index contributed by atoms with van der Waals surface area (Å²) in [6.07, 6.45) is 6.73. The van der Waals surface area contributed by atoms with Gasteiger partial charge in [-0.1, -0.05) is 56.8 Å². The van der Waals surface area contributed by atoms with E-state index in [9.17, 15) is 4.39 Å². The van der Waals surface area contributed by atoms with Crippen molar-refractivity contribution in [1.82, 2.24) is 5.32 Å². The Bertz CT molecular complexity index is 368. The fourth-order valence-corrected chi connectivity index (χ4v) is 2.44. The Kier molecular flexibility index (Phi) is 8.08. The Balaban J connectivity index is 2.61. The number of rotatable bonds is 9. The highest BCUT2D eigenvalue weighted by atomic mass is 35.5. The van der Waals surface area contributed by atoms with E-state index in [0.717, 1.165) is 31.4 Å². The third kappa shape index (κ3) is 5.92. The summed E-state index contributed by atoms with van der Waals surface area (Å²) in [5.41, 5.74) is 0.909. The van der Waals surface area contributed by atoms with Crippen LogP contribution < -0.4 is 5.32 Å². The fraction of sp³-hybridized carbons (Fsp3) is 0.625. The highest BCUT2D eigenvalue weighted by Gasteiger charge is 2.12. The molecule has 0 amide bonds. The van der Waals surface area contributed by atoms with Crippen LogP contribution in [0.1, 0.15) is 51.5 Å². The van der Waals surface area contributed by atoms with E-state index in [4.69, 9.17) is 11.6 Å². The number of nitrogens with one attached hydrogen (secondary N) is 1. The molecule has 0 aliphatic carbocycles. The zero-order valence-corrected chi connectivity index (χ0v) is 12.8. The van der Waals surface area contributed by atoms with Gasteiger partial charge in [-0.3, -0.25) is 0 Å². The normalized spacial score (nSPS) is 12.6. The van der Waals surface area contributed by atoms with Crippen molar-refractivity contribution < 1.29 is 4.39 Å². The Morgan fingerprint density at radius 1 is 1.21 bits per heavy atom. The van der Waals surface area contributed by atoms with Crippen molar-refractivity contribution in [2.45, 2.75) is 58.4 Å². The molecule has 0 saturated heterocycles. The summed E-state index contributed by atoms with van der Waals surface area (Å²) in [4.78, 5) is 0. The lowest BCUT2D eigenvalue weighted by molar-refractivity contribution is 0.455. The van der Waals surface area contributed by atoms with Crippen LogP contribution in [0.25, 0.3) is 0 Å². The summed E-state index contributed by atoms with van der Waals surface area (Å²) in [6, 6.07) is 5.47. The first kappa shape index (κ1) is 16.5. The first-order valence-electron chi connectivity index (χ1n) is 7.35. The number of unbranched alkanes of at least 4 members (excludes halogenated alkanes) is 2. The van der Waals surface area contributed by atoms with Gasteiger partial charge in [0.25, 0.3) is 0 Å². The minimum Gasteiger partial charge on any atom is -0.314 e. The van der Waals surface area contributed by atoms with Crippen LogP contribution in [0.2, 0.25) is 5.02 Å². The quantitative estimate of drug-likeness (QED) is 0.632. The molecule has 0 aliphatic heterocycles. The van der Waals surface area contributed by atoms with Crippen LogP contribution in [0.3, 0.4) is 0 Å². The van der Waals surface area contributed by atoms with Gasteiger partial charge in [-0.15, -0.1) is 0 Å². The van der Waals surface area contributed by atoms with Gasteiger partial charge in [-0.25, -0.2) is 4.39 Å². The van der Waals surface area contributed by atoms with E-state index in [2.05, 4.69) is 19.2 Å². The molecule has 0 saturated carbocycles. The molecule has 19 heavy (non-hydrogen) atoms. The Labute approximate surface area is 121 Å². The minimum atomic E-state index is -0.318. The molecule has 1 aromatic rings. The first-order chi connectivity index (χ1) is 9.19. The lowest BCUT2D eigenvalue weighted by Gasteiger charge is -2.19. The highest BCUT2D eigenvalue weighted by Crippen LogP contribution is 2.22. The second-order valence-electron chi connectivity index (χ2n) is 5.06. The number of hydrogen-bond donors (Lipinski definition) is 1. The summed E-state index contributed by atoms with van der Waals surface area (Å²) in [5.74, 6) is -0.318. The van der Waals surface area contributed by atoms with Crippen LogP contribution in [0.5, 0.6) is 0 Å². The lowest BCUT2D eigenvalue weighted by Crippen LogP contribution is -2.32. The molecule has 1 N–H and O–H groups in total. The largest absolute Gasteiger partial charge is 0.314 e. The molecule has 108 valence electrons. The second kappa shape index (κ2) is 9.33. The molecule has 0 spiro atoms. The molecule has 3 heteroatoms. The molecule has 1 atom stereocenters. The van der Waals surface area contributed by atoms with Crippen molar-refractivity contribution >= 4 is 11.6 Å². The molecule has 0 radical (unpaired) electrons. The maximum absolute atomic E-state index is 13.4. The number of halogens is 2. The minimum absolute atomic E-state index is 0.279. The van der Waals surface area contributed by atoms with E-state index in [1.807, 2.05) is 6.07 Å². The summed E-state index contributed by atoms with van der Waals surface area (Å²) < 4.78 is 13.4. The van der Waals surface area contributed by atoms with Gasteiger partial charge in [0.15, 0.2) is 0 Å². The van der Waals surface area contributed by atoms with Crippen LogP contribution in [-0.4, -0.2) is 12.6 Å². The molecule has 1 unspecified atom stereocenters. The average Bonchev–Trinajstić information content (AvgIpc) is 2.41. The molecule has 1 nitrogen and oxygen atoms in total. The summed E-state index contributed by atoms with van der Waals surface area (Å²) in [5, 5.41) is 3.82. The van der Waals surface area contributed by atoms with Gasteiger partial charge in [-0.05, 0) is 37.4 Å². The van der Waals surface area contributed by atoms with Crippen LogP contribution in [0.4, 0.5) is 4.39 Å². The first-order valence-corrected chi connectivity index (χ1v) is 7.73. The van der Waals surface area contributed by atoms with Crippen LogP contribution in [-0.2, 0) is 6.42 Å². The third-order valence-electron chi connectivity index (χ3n) is 3.34. The average molecular weight is 286 g/mol. The highest BCUT2D eigenvalue weighted by molar-refractivity contribution is 6.31. The van der Waals surface area contributed by atoms with E-state index < -0.39 is 0 Å². The van der Waals surface area contributed by atoms with Gasteiger partial charge >= 0.3 is 0 Å². The zero-order valence-electron chi connectivity index (χ0n) is 12.0. The van der Waals surface area contributed by atoms with Gasteiger partial charge in [0.05, 0.1) is 5.02 Å². The van der Waals surface area contributed by atoms with Crippen molar-refractivity contribution in [2.75, 3.05) is 6.54 Å². The van der Waals surface area contributed by atoms with Crippen molar-refractivity contribution in [2.24, 2.45) is 0 Å². The maximum Gasteiger partial charge on any atom is 0.142 e. The van der Waals surface area contributed by atoms with Crippen molar-refractivity contribution in [3.8, 4) is 0 Å². The molecule has 0 heterocycles. The van der Waals surface area contributed by atoms with Gasteiger partial charge in [0.2, 0.25) is 0 Å². The molecule has 1 rings (SSSR count). The van der Waals surface area contributed by atoms with Crippen LogP contribution in [0, 0.1) is 5.82 Å². The van der Waals surface area contributed by atoms with Gasteiger partial charge in [0, 0.05) is 6.04 Å². The number of benzene rings is 1. The van der Waals surface area contributed by atoms with Crippen molar-refractivity contribution in [1.29, 1.82) is 0 Å². The molecule has 0 bridgehead atoms. The SMILES string of the molecule is CCCCCC(Cc1cccc(F)c1Cl)NCCC. The predicted octanol–water partition coefficient (Wildman–Crippen LogP) is 4.97. The van der Waals surface area contributed by atoms with E-state index in [1.54, 1.807) is 6.07 Å². The molecular weight excluding hydrogens is 261 g/mol. The molecule has 1 aromatic carbocycles. The Morgan fingerprint density at radius 3 is 2.68 bits per heavy atom. The predicted molar refractivity (Wildman–Crippen MR) is 81.3 cm³/mol. The maximum atomic E-state index is 13.4. The summed E-state index contributed by atoms with van der Waals surface area (Å²) in [6.45, 7) is 5.37. The van der Waals surface area contributed by atoms with Crippen LogP contribution >= 0.6 is 11.6 Å². The van der Waals surface area contributed by atoms with Gasteiger partial charge < -0.3 is 5.32 Å². The van der Waals surface area contributed by atoms with Gasteiger partial charge in [0.1, 0.15) is 5.82 Å². The lowest BCUT2D eigenvalue weighted by atomic mass is 10.00. The third-order valence-corrected chi connectivity index (χ3v) is 3.76. The topological polar surface area (TPSA) is 12.0 Å². The monoisotopic (exact) mass is 285 g/mol. The Hall–Kier alpha value is -0.600. The molecule has 0 aromatic heterocycles. The van der Waals surface area contributed by atoms with Crippen molar-refractivity contribution in [3.63, 3.8) is 0 Å². The smallest absolute Gasteiger partial charge is 0.142 e.